The van der Waals surface area contributed by atoms with Gasteiger partial charge in [0.15, 0.2) is 17.8 Å². The molecule has 1 aromatic heterocycles. The Bertz CT molecular complexity index is 871. The summed E-state index contributed by atoms with van der Waals surface area (Å²) in [6.07, 6.45) is 2.30. The first kappa shape index (κ1) is 15.6. The van der Waals surface area contributed by atoms with Crippen LogP contribution in [0.15, 0.2) is 65.8 Å². The van der Waals surface area contributed by atoms with Gasteiger partial charge in [0.05, 0.1) is 11.4 Å². The zero-order chi connectivity index (χ0) is 17.1. The zero-order valence-electron chi connectivity index (χ0n) is 14.2. The third kappa shape index (κ3) is 3.45. The predicted molar refractivity (Wildman–Crippen MR) is 96.8 cm³/mol. The lowest BCUT2D eigenvalue weighted by atomic mass is 10.1. The van der Waals surface area contributed by atoms with E-state index >= 15 is 0 Å². The van der Waals surface area contributed by atoms with Crippen molar-refractivity contribution in [3.05, 3.63) is 77.9 Å². The Balaban J connectivity index is 1.61. The van der Waals surface area contributed by atoms with Crippen molar-refractivity contribution in [3.8, 4) is 5.69 Å². The van der Waals surface area contributed by atoms with Crippen molar-refractivity contribution in [2.75, 3.05) is 0 Å². The molecule has 25 heavy (non-hydrogen) atoms. The van der Waals surface area contributed by atoms with Crippen molar-refractivity contribution in [2.45, 2.75) is 32.3 Å². The number of aromatic nitrogens is 3. The van der Waals surface area contributed by atoms with E-state index in [1.165, 1.54) is 5.56 Å². The Morgan fingerprint density at radius 1 is 1.00 bits per heavy atom. The largest absolute Gasteiger partial charge is 0.384 e. The summed E-state index contributed by atoms with van der Waals surface area (Å²) in [4.78, 5) is 10.3. The van der Waals surface area contributed by atoms with E-state index in [4.69, 9.17) is 14.9 Å². The highest BCUT2D eigenvalue weighted by molar-refractivity contribution is 5.82. The van der Waals surface area contributed by atoms with Gasteiger partial charge in [0.1, 0.15) is 0 Å². The first-order chi connectivity index (χ1) is 12.3. The second kappa shape index (κ2) is 6.89. The van der Waals surface area contributed by atoms with Crippen LogP contribution in [0.4, 0.5) is 0 Å². The summed E-state index contributed by atoms with van der Waals surface area (Å²) in [5, 5.41) is 8.81. The monoisotopic (exact) mass is 332 g/mol. The van der Waals surface area contributed by atoms with Crippen LogP contribution in [0, 0.1) is 0 Å². The Hall–Kier alpha value is -2.95. The lowest BCUT2D eigenvalue weighted by Gasteiger charge is -2.09. The van der Waals surface area contributed by atoms with Gasteiger partial charge < -0.3 is 4.84 Å². The number of benzene rings is 2. The molecule has 5 heteroatoms. The molecule has 0 amide bonds. The molecule has 126 valence electrons. The maximum absolute atomic E-state index is 5.55. The van der Waals surface area contributed by atoms with Crippen LogP contribution in [0.2, 0.25) is 0 Å². The Labute approximate surface area is 147 Å². The second-order valence-electron chi connectivity index (χ2n) is 6.24. The molecule has 1 aliphatic heterocycles. The van der Waals surface area contributed by atoms with E-state index < -0.39 is 0 Å². The van der Waals surface area contributed by atoms with Gasteiger partial charge in [-0.2, -0.15) is 5.10 Å². The van der Waals surface area contributed by atoms with Gasteiger partial charge in [0.2, 0.25) is 0 Å². The van der Waals surface area contributed by atoms with Crippen molar-refractivity contribution in [1.29, 1.82) is 0 Å². The average molecular weight is 332 g/mol. The average Bonchev–Trinajstić information content (AvgIpc) is 3.28. The van der Waals surface area contributed by atoms with E-state index in [1.54, 1.807) is 0 Å². The van der Waals surface area contributed by atoms with Crippen molar-refractivity contribution in [1.82, 2.24) is 14.8 Å². The number of hydrogen-bond acceptors (Lipinski definition) is 4. The van der Waals surface area contributed by atoms with Gasteiger partial charge in [0.25, 0.3) is 0 Å². The number of para-hydroxylation sites is 1. The van der Waals surface area contributed by atoms with Crippen molar-refractivity contribution < 1.29 is 4.84 Å². The second-order valence-corrected chi connectivity index (χ2v) is 6.24. The third-order valence-corrected chi connectivity index (χ3v) is 4.26. The molecule has 4 rings (SSSR count). The van der Waals surface area contributed by atoms with Crippen LogP contribution in [0.25, 0.3) is 5.69 Å². The molecule has 0 saturated heterocycles. The highest BCUT2D eigenvalue weighted by Crippen LogP contribution is 2.27. The van der Waals surface area contributed by atoms with E-state index in [2.05, 4.69) is 29.4 Å². The number of nitrogens with zero attached hydrogens (tertiary/aromatic N) is 4. The molecular weight excluding hydrogens is 312 g/mol. The molecule has 0 bridgehead atoms. The van der Waals surface area contributed by atoms with Gasteiger partial charge in [-0.1, -0.05) is 53.7 Å². The highest BCUT2D eigenvalue weighted by Gasteiger charge is 2.27. The number of rotatable bonds is 5. The van der Waals surface area contributed by atoms with Gasteiger partial charge >= 0.3 is 0 Å². The first-order valence-corrected chi connectivity index (χ1v) is 8.54. The van der Waals surface area contributed by atoms with Gasteiger partial charge in [-0.3, -0.25) is 0 Å². The molecule has 2 aromatic carbocycles. The first-order valence-electron chi connectivity index (χ1n) is 8.54. The summed E-state index contributed by atoms with van der Waals surface area (Å²) in [7, 11) is 0. The van der Waals surface area contributed by atoms with E-state index in [1.807, 2.05) is 48.0 Å². The molecule has 5 nitrogen and oxygen atoms in total. The smallest absolute Gasteiger partial charge is 0.192 e. The fourth-order valence-corrected chi connectivity index (χ4v) is 2.98. The van der Waals surface area contributed by atoms with E-state index in [9.17, 15) is 0 Å². The summed E-state index contributed by atoms with van der Waals surface area (Å²) < 4.78 is 1.89. The fourth-order valence-electron chi connectivity index (χ4n) is 2.98. The molecule has 1 aliphatic rings. The van der Waals surface area contributed by atoms with Crippen LogP contribution in [0.5, 0.6) is 0 Å². The molecule has 0 aliphatic carbocycles. The molecule has 0 N–H and O–H groups in total. The summed E-state index contributed by atoms with van der Waals surface area (Å²) in [6.45, 7) is 1.97. The lowest BCUT2D eigenvalue weighted by Crippen LogP contribution is -2.08. The van der Waals surface area contributed by atoms with E-state index in [0.29, 0.717) is 0 Å². The standard InChI is InChI=1S/C20H20N4O/c1-15-14-18(25-23-15)20-21-19(13-12-16-8-4-2-5-9-16)22-24(20)17-10-6-3-7-11-17/h2-11,18H,12-14H2,1H3/t18-/m0/s1. The van der Waals surface area contributed by atoms with Gasteiger partial charge in [0, 0.05) is 12.8 Å². The maximum Gasteiger partial charge on any atom is 0.192 e. The minimum absolute atomic E-state index is 0.168. The minimum Gasteiger partial charge on any atom is -0.384 e. The number of aryl methyl sites for hydroxylation is 2. The van der Waals surface area contributed by atoms with Crippen molar-refractivity contribution in [2.24, 2.45) is 5.16 Å². The number of oxime groups is 1. The van der Waals surface area contributed by atoms with Crippen LogP contribution in [0.3, 0.4) is 0 Å². The van der Waals surface area contributed by atoms with Crippen LogP contribution >= 0.6 is 0 Å². The predicted octanol–water partition coefficient (Wildman–Crippen LogP) is 3.89. The SMILES string of the molecule is CC1=NO[C@H](c2nc(CCc3ccccc3)nn2-c2ccccc2)C1. The van der Waals surface area contributed by atoms with Crippen LogP contribution in [-0.4, -0.2) is 20.5 Å². The molecule has 3 aromatic rings. The molecule has 0 saturated carbocycles. The zero-order valence-corrected chi connectivity index (χ0v) is 14.2. The summed E-state index contributed by atoms with van der Waals surface area (Å²) in [5.74, 6) is 1.64. The molecule has 2 heterocycles. The molecular formula is C20H20N4O. The maximum atomic E-state index is 5.55. The highest BCUT2D eigenvalue weighted by atomic mass is 16.6. The van der Waals surface area contributed by atoms with Crippen LogP contribution in [0.1, 0.15) is 36.7 Å². The van der Waals surface area contributed by atoms with Crippen molar-refractivity contribution >= 4 is 5.71 Å². The molecule has 0 fully saturated rings. The third-order valence-electron chi connectivity index (χ3n) is 4.26. The quantitative estimate of drug-likeness (QED) is 0.712. The minimum atomic E-state index is -0.168. The van der Waals surface area contributed by atoms with Gasteiger partial charge in [-0.05, 0) is 31.0 Å². The molecule has 0 unspecified atom stereocenters. The van der Waals surface area contributed by atoms with E-state index in [0.717, 1.165) is 42.3 Å². The fraction of sp³-hybridized carbons (Fsp3) is 0.250. The van der Waals surface area contributed by atoms with Gasteiger partial charge in [-0.15, -0.1) is 0 Å². The van der Waals surface area contributed by atoms with Crippen LogP contribution < -0.4 is 0 Å². The summed E-state index contributed by atoms with van der Waals surface area (Å²) in [6, 6.07) is 20.5. The number of hydrogen-bond donors (Lipinski definition) is 0. The summed E-state index contributed by atoms with van der Waals surface area (Å²) in [5.41, 5.74) is 3.26. The lowest BCUT2D eigenvalue weighted by molar-refractivity contribution is 0.0775. The molecule has 1 atom stereocenters. The Morgan fingerprint density at radius 3 is 2.40 bits per heavy atom. The van der Waals surface area contributed by atoms with Crippen molar-refractivity contribution in [3.63, 3.8) is 0 Å². The summed E-state index contributed by atoms with van der Waals surface area (Å²) >= 11 is 0. The molecule has 0 radical (unpaired) electrons. The Morgan fingerprint density at radius 2 is 1.72 bits per heavy atom. The van der Waals surface area contributed by atoms with Gasteiger partial charge in [-0.25, -0.2) is 9.67 Å². The topological polar surface area (TPSA) is 52.3 Å². The normalized spacial score (nSPS) is 16.5. The van der Waals surface area contributed by atoms with E-state index in [-0.39, 0.29) is 6.10 Å². The molecule has 0 spiro atoms. The Kier molecular flexibility index (Phi) is 4.29. The van der Waals surface area contributed by atoms with Crippen LogP contribution in [-0.2, 0) is 17.7 Å².